The van der Waals surface area contributed by atoms with Crippen LogP contribution in [0.3, 0.4) is 0 Å². The first-order chi connectivity index (χ1) is 11.3. The lowest BCUT2D eigenvalue weighted by Crippen LogP contribution is -2.42. The number of fused-ring (bicyclic) bond motifs is 3. The van der Waals surface area contributed by atoms with Crippen molar-refractivity contribution in [2.24, 2.45) is 0 Å². The van der Waals surface area contributed by atoms with Crippen LogP contribution < -0.4 is 5.56 Å². The van der Waals surface area contributed by atoms with Crippen LogP contribution in [-0.2, 0) is 16.8 Å². The lowest BCUT2D eigenvalue weighted by molar-refractivity contribution is -0.115. The summed E-state index contributed by atoms with van der Waals surface area (Å²) in [6, 6.07) is 1.79. The molecule has 1 aliphatic carbocycles. The molecule has 8 heteroatoms. The first kappa shape index (κ1) is 15.5. The highest BCUT2D eigenvalue weighted by atomic mass is 32.1. The van der Waals surface area contributed by atoms with Gasteiger partial charge >= 0.3 is 0 Å². The Morgan fingerprint density at radius 2 is 2.21 bits per heavy atom. The van der Waals surface area contributed by atoms with Crippen LogP contribution in [0.25, 0.3) is 20.5 Å². The van der Waals surface area contributed by atoms with Crippen molar-refractivity contribution in [3.8, 4) is 10.4 Å². The average Bonchev–Trinajstić information content (AvgIpc) is 3.16. The molecule has 4 rings (SSSR count). The number of hydrogen-bond acceptors (Lipinski definition) is 4. The number of halogens is 2. The van der Waals surface area contributed by atoms with E-state index in [-0.39, 0.29) is 5.56 Å². The number of ether oxygens (including phenoxy) is 1. The molecule has 0 aliphatic heterocycles. The van der Waals surface area contributed by atoms with Gasteiger partial charge in [-0.2, -0.15) is 5.10 Å². The van der Waals surface area contributed by atoms with Crippen molar-refractivity contribution in [3.05, 3.63) is 40.1 Å². The van der Waals surface area contributed by atoms with Gasteiger partial charge in [0.1, 0.15) is 10.3 Å². The molecule has 5 nitrogen and oxygen atoms in total. The second kappa shape index (κ2) is 4.97. The number of pyridine rings is 1. The molecule has 0 spiro atoms. The zero-order valence-corrected chi connectivity index (χ0v) is 13.9. The van der Waals surface area contributed by atoms with Gasteiger partial charge in [0.15, 0.2) is 0 Å². The van der Waals surface area contributed by atoms with E-state index < -0.39 is 24.4 Å². The third-order valence-corrected chi connectivity index (χ3v) is 5.78. The largest absolute Gasteiger partial charge is 0.372 e. The molecular weight excluding hydrogens is 336 g/mol. The summed E-state index contributed by atoms with van der Waals surface area (Å²) in [5.41, 5.74) is 0.224. The minimum atomic E-state index is -2.89. The van der Waals surface area contributed by atoms with E-state index in [9.17, 15) is 13.6 Å². The molecule has 24 heavy (non-hydrogen) atoms. The van der Waals surface area contributed by atoms with Crippen molar-refractivity contribution in [3.63, 3.8) is 0 Å². The molecule has 0 amide bonds. The summed E-state index contributed by atoms with van der Waals surface area (Å²) in [6.07, 6.45) is 2.48. The standard InChI is InChI=1S/C16H15F2N3O2S/c1-15(23-2)7-16(17,18)4-10-9-3-11(8-5-19-20-6-8)24-12(9)14(22)21-13(10)15/h3,5-6H,4,7H2,1-2H3,(H,19,20)(H,21,22)/t15-/m0/s1. The van der Waals surface area contributed by atoms with Crippen LogP contribution in [0.4, 0.5) is 8.78 Å². The van der Waals surface area contributed by atoms with Gasteiger partial charge in [-0.25, -0.2) is 8.78 Å². The minimum absolute atomic E-state index is 0.281. The molecule has 3 heterocycles. The predicted octanol–water partition coefficient (Wildman–Crippen LogP) is 3.42. The van der Waals surface area contributed by atoms with Gasteiger partial charge in [0.2, 0.25) is 0 Å². The van der Waals surface area contributed by atoms with Gasteiger partial charge in [-0.1, -0.05) is 0 Å². The summed E-state index contributed by atoms with van der Waals surface area (Å²) < 4.78 is 34.4. The molecule has 0 saturated carbocycles. The first-order valence-corrected chi connectivity index (χ1v) is 8.26. The first-order valence-electron chi connectivity index (χ1n) is 7.44. The summed E-state index contributed by atoms with van der Waals surface area (Å²) in [7, 11) is 1.39. The quantitative estimate of drug-likeness (QED) is 0.743. The second-order valence-electron chi connectivity index (χ2n) is 6.29. The van der Waals surface area contributed by atoms with E-state index in [0.717, 1.165) is 10.4 Å². The Bertz CT molecular complexity index is 977. The van der Waals surface area contributed by atoms with E-state index in [1.165, 1.54) is 18.4 Å². The van der Waals surface area contributed by atoms with Crippen molar-refractivity contribution < 1.29 is 13.5 Å². The number of aromatic amines is 2. The van der Waals surface area contributed by atoms with Crippen molar-refractivity contribution in [1.82, 2.24) is 15.2 Å². The monoisotopic (exact) mass is 351 g/mol. The number of thiophene rings is 1. The van der Waals surface area contributed by atoms with Crippen LogP contribution in [0.2, 0.25) is 0 Å². The maximum atomic E-state index is 14.3. The normalized spacial score (nSPS) is 22.7. The van der Waals surface area contributed by atoms with E-state index in [1.807, 2.05) is 0 Å². The Labute approximate surface area is 139 Å². The van der Waals surface area contributed by atoms with Crippen molar-refractivity contribution in [1.29, 1.82) is 0 Å². The van der Waals surface area contributed by atoms with E-state index in [1.54, 1.807) is 25.4 Å². The van der Waals surface area contributed by atoms with Crippen molar-refractivity contribution in [2.75, 3.05) is 7.11 Å². The fraction of sp³-hybridized carbons (Fsp3) is 0.375. The fourth-order valence-electron chi connectivity index (χ4n) is 3.40. The van der Waals surface area contributed by atoms with Gasteiger partial charge in [0.05, 0.1) is 11.9 Å². The Kier molecular flexibility index (Phi) is 3.20. The Morgan fingerprint density at radius 3 is 2.88 bits per heavy atom. The Morgan fingerprint density at radius 1 is 1.42 bits per heavy atom. The number of aromatic nitrogens is 3. The molecule has 0 aromatic carbocycles. The molecule has 3 aromatic heterocycles. The molecule has 0 unspecified atom stereocenters. The van der Waals surface area contributed by atoms with Crippen LogP contribution in [0, 0.1) is 0 Å². The van der Waals surface area contributed by atoms with E-state index in [2.05, 4.69) is 15.2 Å². The second-order valence-corrected chi connectivity index (χ2v) is 7.34. The zero-order chi connectivity index (χ0) is 17.1. The molecular formula is C16H15F2N3O2S. The van der Waals surface area contributed by atoms with E-state index in [0.29, 0.717) is 21.3 Å². The highest BCUT2D eigenvalue weighted by Gasteiger charge is 2.48. The summed E-state index contributed by atoms with van der Waals surface area (Å²) in [4.78, 5) is 16.1. The maximum absolute atomic E-state index is 14.3. The number of nitrogens with one attached hydrogen (secondary N) is 2. The molecule has 0 bridgehead atoms. The van der Waals surface area contributed by atoms with Crippen molar-refractivity contribution in [2.45, 2.75) is 31.3 Å². The third kappa shape index (κ3) is 2.21. The maximum Gasteiger partial charge on any atom is 0.266 e. The summed E-state index contributed by atoms with van der Waals surface area (Å²) in [6.45, 7) is 1.59. The van der Waals surface area contributed by atoms with Crippen molar-refractivity contribution >= 4 is 21.4 Å². The van der Waals surface area contributed by atoms with Crippen LogP contribution in [0.5, 0.6) is 0 Å². The predicted molar refractivity (Wildman–Crippen MR) is 87.7 cm³/mol. The number of methoxy groups -OCH3 is 1. The van der Waals surface area contributed by atoms with Gasteiger partial charge in [-0.05, 0) is 18.6 Å². The van der Waals surface area contributed by atoms with Gasteiger partial charge in [0, 0.05) is 42.0 Å². The molecule has 3 aromatic rings. The highest BCUT2D eigenvalue weighted by molar-refractivity contribution is 7.22. The molecule has 0 saturated heterocycles. The number of nitrogens with zero attached hydrogens (tertiary/aromatic N) is 1. The average molecular weight is 351 g/mol. The molecule has 2 N–H and O–H groups in total. The number of alkyl halides is 2. The summed E-state index contributed by atoms with van der Waals surface area (Å²) in [5, 5.41) is 7.18. The Hall–Kier alpha value is -2.06. The van der Waals surface area contributed by atoms with Crippen LogP contribution in [-0.4, -0.2) is 28.2 Å². The third-order valence-electron chi connectivity index (χ3n) is 4.60. The smallest absolute Gasteiger partial charge is 0.266 e. The van der Waals surface area contributed by atoms with Crippen LogP contribution >= 0.6 is 11.3 Å². The van der Waals surface area contributed by atoms with Gasteiger partial charge < -0.3 is 9.72 Å². The lowest BCUT2D eigenvalue weighted by Gasteiger charge is -2.38. The number of H-pyrrole nitrogens is 2. The minimum Gasteiger partial charge on any atom is -0.372 e. The molecule has 126 valence electrons. The fourth-order valence-corrected chi connectivity index (χ4v) is 4.47. The zero-order valence-electron chi connectivity index (χ0n) is 13.1. The highest BCUT2D eigenvalue weighted by Crippen LogP contribution is 2.46. The topological polar surface area (TPSA) is 70.8 Å². The van der Waals surface area contributed by atoms with Gasteiger partial charge in [-0.3, -0.25) is 9.89 Å². The SMILES string of the molecule is CO[C@@]1(C)CC(F)(F)Cc2c1[nH]c(=O)c1sc(-c3cn[nH]c3)cc21. The lowest BCUT2D eigenvalue weighted by atomic mass is 9.80. The molecule has 0 fully saturated rings. The Balaban J connectivity index is 2.03. The van der Waals surface area contributed by atoms with Crippen LogP contribution in [0.15, 0.2) is 23.3 Å². The van der Waals surface area contributed by atoms with Crippen LogP contribution in [0.1, 0.15) is 24.6 Å². The van der Waals surface area contributed by atoms with Gasteiger partial charge in [-0.15, -0.1) is 11.3 Å². The molecule has 1 atom stereocenters. The van der Waals surface area contributed by atoms with E-state index in [4.69, 9.17) is 4.74 Å². The number of hydrogen-bond donors (Lipinski definition) is 2. The van der Waals surface area contributed by atoms with E-state index >= 15 is 0 Å². The number of rotatable bonds is 2. The molecule has 1 aliphatic rings. The summed E-state index contributed by atoms with van der Waals surface area (Å²) in [5.74, 6) is -2.89. The summed E-state index contributed by atoms with van der Waals surface area (Å²) >= 11 is 1.27. The molecule has 0 radical (unpaired) electrons. The van der Waals surface area contributed by atoms with Gasteiger partial charge in [0.25, 0.3) is 11.5 Å².